The van der Waals surface area contributed by atoms with Crippen LogP contribution < -0.4 is 0 Å². The van der Waals surface area contributed by atoms with E-state index in [2.05, 4.69) is 14.2 Å². The summed E-state index contributed by atoms with van der Waals surface area (Å²) in [6, 6.07) is 6.95. The van der Waals surface area contributed by atoms with E-state index in [1.807, 2.05) is 19.1 Å². The van der Waals surface area contributed by atoms with Gasteiger partial charge < -0.3 is 4.90 Å². The lowest BCUT2D eigenvalue weighted by Crippen LogP contribution is -2.42. The molecule has 5 nitrogen and oxygen atoms in total. The molecule has 2 aliphatic rings. The van der Waals surface area contributed by atoms with Crippen LogP contribution in [0.4, 0.5) is 0 Å². The molecule has 0 atom stereocenters. The van der Waals surface area contributed by atoms with Gasteiger partial charge >= 0.3 is 0 Å². The average Bonchev–Trinajstić information content (AvgIpc) is 3.08. The van der Waals surface area contributed by atoms with E-state index in [9.17, 15) is 8.42 Å². The first-order valence-corrected chi connectivity index (χ1v) is 10.4. The molecule has 3 rings (SSSR count). The van der Waals surface area contributed by atoms with Crippen molar-refractivity contribution >= 4 is 15.9 Å². The van der Waals surface area contributed by atoms with Crippen LogP contribution in [0.25, 0.3) is 0 Å². The first-order valence-electron chi connectivity index (χ1n) is 8.92. The van der Waals surface area contributed by atoms with Crippen molar-refractivity contribution < 1.29 is 8.42 Å². The van der Waals surface area contributed by atoms with E-state index >= 15 is 0 Å². The van der Waals surface area contributed by atoms with E-state index in [-0.39, 0.29) is 4.90 Å². The first kappa shape index (κ1) is 17.4. The number of nitrogens with zero attached hydrogens (tertiary/aromatic N) is 3. The molecule has 0 bridgehead atoms. The zero-order chi connectivity index (χ0) is 17.0. The number of hydrogen-bond acceptors (Lipinski definition) is 3. The lowest BCUT2D eigenvalue weighted by atomic mass is 10.1. The molecule has 0 amide bonds. The van der Waals surface area contributed by atoms with Crippen LogP contribution in [-0.2, 0) is 10.0 Å². The van der Waals surface area contributed by atoms with Crippen LogP contribution in [0, 0.1) is 6.92 Å². The van der Waals surface area contributed by atoms with Crippen LogP contribution in [0.5, 0.6) is 0 Å². The number of aryl methyl sites for hydroxylation is 1. The highest BCUT2D eigenvalue weighted by molar-refractivity contribution is 7.90. The van der Waals surface area contributed by atoms with Crippen molar-refractivity contribution in [2.24, 2.45) is 4.40 Å². The van der Waals surface area contributed by atoms with Gasteiger partial charge in [-0.1, -0.05) is 17.7 Å². The fourth-order valence-corrected chi connectivity index (χ4v) is 4.42. The number of rotatable bonds is 4. The molecule has 24 heavy (non-hydrogen) atoms. The van der Waals surface area contributed by atoms with E-state index < -0.39 is 10.0 Å². The van der Waals surface area contributed by atoms with E-state index in [4.69, 9.17) is 0 Å². The number of piperidine rings is 1. The third-order valence-corrected chi connectivity index (χ3v) is 6.15. The molecule has 132 valence electrons. The van der Waals surface area contributed by atoms with Crippen molar-refractivity contribution in [2.75, 3.05) is 32.7 Å². The van der Waals surface area contributed by atoms with Crippen molar-refractivity contribution in [2.45, 2.75) is 43.9 Å². The second kappa shape index (κ2) is 7.66. The Bertz CT molecular complexity index is 671. The van der Waals surface area contributed by atoms with E-state index in [1.54, 1.807) is 12.1 Å². The molecule has 0 unspecified atom stereocenters. The topological polar surface area (TPSA) is 53.0 Å². The maximum absolute atomic E-state index is 12.7. The minimum absolute atomic E-state index is 0.282. The summed E-state index contributed by atoms with van der Waals surface area (Å²) in [5.41, 5.74) is 1.05. The molecular weight excluding hydrogens is 322 g/mol. The quantitative estimate of drug-likeness (QED) is 0.619. The Labute approximate surface area is 145 Å². The van der Waals surface area contributed by atoms with Gasteiger partial charge in [-0.15, -0.1) is 4.40 Å². The summed E-state index contributed by atoms with van der Waals surface area (Å²) in [6.07, 6.45) is 5.83. The van der Waals surface area contributed by atoms with Crippen LogP contribution >= 0.6 is 0 Å². The summed E-state index contributed by atoms with van der Waals surface area (Å²) in [5.74, 6) is 0.720. The number of benzene rings is 1. The van der Waals surface area contributed by atoms with Gasteiger partial charge in [0.25, 0.3) is 10.0 Å². The maximum Gasteiger partial charge on any atom is 0.283 e. The summed E-state index contributed by atoms with van der Waals surface area (Å²) in [7, 11) is -3.65. The monoisotopic (exact) mass is 349 g/mol. The highest BCUT2D eigenvalue weighted by Gasteiger charge is 2.23. The molecule has 2 fully saturated rings. The molecule has 2 aliphatic heterocycles. The minimum Gasteiger partial charge on any atom is -0.358 e. The van der Waals surface area contributed by atoms with Gasteiger partial charge in [0, 0.05) is 13.1 Å². The van der Waals surface area contributed by atoms with Gasteiger partial charge in [-0.25, -0.2) is 0 Å². The molecule has 2 saturated heterocycles. The molecular formula is C18H27N3O2S. The van der Waals surface area contributed by atoms with Crippen LogP contribution in [0.1, 0.15) is 37.7 Å². The molecule has 0 N–H and O–H groups in total. The molecule has 0 aromatic heterocycles. The van der Waals surface area contributed by atoms with Crippen molar-refractivity contribution in [3.8, 4) is 0 Å². The Balaban J connectivity index is 1.86. The Kier molecular flexibility index (Phi) is 5.56. The Morgan fingerprint density at radius 3 is 2.17 bits per heavy atom. The molecule has 2 heterocycles. The molecule has 0 aliphatic carbocycles. The molecule has 0 radical (unpaired) electrons. The van der Waals surface area contributed by atoms with Gasteiger partial charge in [-0.3, -0.25) is 4.90 Å². The third-order valence-electron chi connectivity index (χ3n) is 4.83. The second-order valence-electron chi connectivity index (χ2n) is 6.83. The lowest BCUT2D eigenvalue weighted by molar-refractivity contribution is 0.312. The van der Waals surface area contributed by atoms with Gasteiger partial charge in [0.05, 0.1) is 11.4 Å². The van der Waals surface area contributed by atoms with E-state index in [0.29, 0.717) is 6.54 Å². The summed E-state index contributed by atoms with van der Waals surface area (Å²) in [5, 5.41) is 0. The predicted molar refractivity (Wildman–Crippen MR) is 96.9 cm³/mol. The Hall–Kier alpha value is -1.40. The van der Waals surface area contributed by atoms with Gasteiger partial charge in [0.15, 0.2) is 0 Å². The lowest BCUT2D eigenvalue weighted by Gasteiger charge is -2.31. The summed E-state index contributed by atoms with van der Waals surface area (Å²) >= 11 is 0. The van der Waals surface area contributed by atoms with Crippen molar-refractivity contribution in [3.05, 3.63) is 29.8 Å². The van der Waals surface area contributed by atoms with Crippen molar-refractivity contribution in [1.29, 1.82) is 0 Å². The molecule has 0 saturated carbocycles. The fourth-order valence-electron chi connectivity index (χ4n) is 3.38. The number of sulfonamides is 1. The highest BCUT2D eigenvalue weighted by Crippen LogP contribution is 2.17. The summed E-state index contributed by atoms with van der Waals surface area (Å²) in [4.78, 5) is 4.77. The average molecular weight is 350 g/mol. The molecule has 1 aromatic carbocycles. The SMILES string of the molecule is Cc1ccc(S(=O)(=O)N=C(CN2CCCC2)N2CCCCC2)cc1. The normalized spacial score (nSPS) is 20.5. The maximum atomic E-state index is 12.7. The summed E-state index contributed by atoms with van der Waals surface area (Å²) in [6.45, 7) is 6.50. The zero-order valence-corrected chi connectivity index (χ0v) is 15.3. The van der Waals surface area contributed by atoms with Gasteiger partial charge in [0.2, 0.25) is 0 Å². The van der Waals surface area contributed by atoms with E-state index in [1.165, 1.54) is 19.3 Å². The largest absolute Gasteiger partial charge is 0.358 e. The fraction of sp³-hybridized carbons (Fsp3) is 0.611. The van der Waals surface area contributed by atoms with E-state index in [0.717, 1.165) is 50.4 Å². The van der Waals surface area contributed by atoms with Crippen molar-refractivity contribution in [1.82, 2.24) is 9.80 Å². The highest BCUT2D eigenvalue weighted by atomic mass is 32.2. The van der Waals surface area contributed by atoms with Gasteiger partial charge in [-0.05, 0) is 64.3 Å². The number of likely N-dealkylation sites (tertiary alicyclic amines) is 2. The number of amidine groups is 1. The molecule has 1 aromatic rings. The van der Waals surface area contributed by atoms with Crippen molar-refractivity contribution in [3.63, 3.8) is 0 Å². The predicted octanol–water partition coefficient (Wildman–Crippen LogP) is 2.66. The first-order chi connectivity index (χ1) is 11.5. The van der Waals surface area contributed by atoms with Gasteiger partial charge in [-0.2, -0.15) is 8.42 Å². The zero-order valence-electron chi connectivity index (χ0n) is 14.4. The molecule has 6 heteroatoms. The van der Waals surface area contributed by atoms with Crippen LogP contribution in [-0.4, -0.2) is 56.8 Å². The van der Waals surface area contributed by atoms with Crippen LogP contribution in [0.15, 0.2) is 33.6 Å². The van der Waals surface area contributed by atoms with Gasteiger partial charge in [0.1, 0.15) is 5.84 Å². The second-order valence-corrected chi connectivity index (χ2v) is 8.43. The van der Waals surface area contributed by atoms with Crippen LogP contribution in [0.2, 0.25) is 0 Å². The third kappa shape index (κ3) is 4.36. The molecule has 0 spiro atoms. The smallest absolute Gasteiger partial charge is 0.283 e. The number of hydrogen-bond donors (Lipinski definition) is 0. The summed E-state index contributed by atoms with van der Waals surface area (Å²) < 4.78 is 29.7. The standard InChI is InChI=1S/C18H27N3O2S/c1-16-7-9-17(10-8-16)24(22,23)19-18(15-20-11-5-6-12-20)21-13-3-2-4-14-21/h7-10H,2-6,11-15H2,1H3. The Morgan fingerprint density at radius 2 is 1.54 bits per heavy atom. The van der Waals surface area contributed by atoms with Crippen LogP contribution in [0.3, 0.4) is 0 Å². The minimum atomic E-state index is -3.65. The Morgan fingerprint density at radius 1 is 0.958 bits per heavy atom.